The molecule has 0 amide bonds. The maximum absolute atomic E-state index is 5.97. The van der Waals surface area contributed by atoms with Crippen LogP contribution >= 0.6 is 27.5 Å². The Balaban J connectivity index is 2.35. The van der Waals surface area contributed by atoms with Crippen LogP contribution in [0.2, 0.25) is 0 Å². The second-order valence-corrected chi connectivity index (χ2v) is 6.47. The molecule has 0 saturated heterocycles. The fraction of sp³-hybridized carbons (Fsp3) is 0.235. The van der Waals surface area contributed by atoms with E-state index < -0.39 is 0 Å². The van der Waals surface area contributed by atoms with Gasteiger partial charge in [0.1, 0.15) is 5.82 Å². The number of hydrogen-bond donors (Lipinski definition) is 0. The second kappa shape index (κ2) is 5.82. The Morgan fingerprint density at radius 3 is 2.67 bits per heavy atom. The van der Waals surface area contributed by atoms with Crippen molar-refractivity contribution in [3.8, 4) is 5.69 Å². The van der Waals surface area contributed by atoms with E-state index in [4.69, 9.17) is 16.6 Å². The molecule has 3 aromatic rings. The van der Waals surface area contributed by atoms with E-state index in [-0.39, 0.29) is 0 Å². The molecule has 0 bridgehead atoms. The van der Waals surface area contributed by atoms with Crippen LogP contribution in [0.3, 0.4) is 0 Å². The van der Waals surface area contributed by atoms with E-state index in [1.165, 1.54) is 16.6 Å². The van der Waals surface area contributed by atoms with Crippen molar-refractivity contribution in [3.63, 3.8) is 0 Å². The Kier molecular flexibility index (Phi) is 4.05. The highest BCUT2D eigenvalue weighted by molar-refractivity contribution is 9.10. The summed E-state index contributed by atoms with van der Waals surface area (Å²) in [6.07, 6.45) is 0.755. The number of nitrogens with zero attached hydrogens (tertiary/aromatic N) is 2. The molecule has 108 valence electrons. The third kappa shape index (κ3) is 2.60. The number of para-hydroxylation sites is 1. The van der Waals surface area contributed by atoms with Crippen LogP contribution in [0.4, 0.5) is 0 Å². The lowest BCUT2D eigenvalue weighted by Gasteiger charge is -2.13. The number of rotatable bonds is 3. The summed E-state index contributed by atoms with van der Waals surface area (Å²) in [5.41, 5.74) is 5.79. The molecular formula is C17H16BrClN2. The second-order valence-electron chi connectivity index (χ2n) is 5.18. The maximum atomic E-state index is 5.97. The van der Waals surface area contributed by atoms with E-state index in [0.29, 0.717) is 5.88 Å². The smallest absolute Gasteiger partial charge is 0.115 e. The first-order valence-electron chi connectivity index (χ1n) is 6.91. The molecule has 0 aliphatic carbocycles. The number of imidazole rings is 1. The molecule has 0 N–H and O–H groups in total. The molecule has 0 aliphatic heterocycles. The van der Waals surface area contributed by atoms with Gasteiger partial charge in [-0.25, -0.2) is 4.98 Å². The van der Waals surface area contributed by atoms with Gasteiger partial charge >= 0.3 is 0 Å². The highest BCUT2D eigenvalue weighted by Gasteiger charge is 2.15. The molecule has 3 rings (SSSR count). The maximum Gasteiger partial charge on any atom is 0.115 e. The Labute approximate surface area is 137 Å². The summed E-state index contributed by atoms with van der Waals surface area (Å²) in [4.78, 5) is 4.77. The molecule has 0 unspecified atom stereocenters. The average molecular weight is 364 g/mol. The predicted molar refractivity (Wildman–Crippen MR) is 92.7 cm³/mol. The molecule has 1 aromatic heterocycles. The highest BCUT2D eigenvalue weighted by Crippen LogP contribution is 2.28. The molecule has 0 fully saturated rings. The third-order valence-electron chi connectivity index (χ3n) is 3.67. The van der Waals surface area contributed by atoms with Gasteiger partial charge in [0.05, 0.1) is 16.7 Å². The summed E-state index contributed by atoms with van der Waals surface area (Å²) >= 11 is 9.49. The predicted octanol–water partition coefficient (Wildman–Crippen LogP) is 5.19. The first-order valence-corrected chi connectivity index (χ1v) is 8.24. The first kappa shape index (κ1) is 14.6. The molecule has 2 nitrogen and oxygen atoms in total. The summed E-state index contributed by atoms with van der Waals surface area (Å²) in [5.74, 6) is 1.58. The Hall–Kier alpha value is -1.32. The molecule has 4 heteroatoms. The van der Waals surface area contributed by atoms with E-state index in [2.05, 4.69) is 64.7 Å². The van der Waals surface area contributed by atoms with Gasteiger partial charge in [-0.3, -0.25) is 4.57 Å². The summed E-state index contributed by atoms with van der Waals surface area (Å²) in [6, 6.07) is 12.6. The lowest BCUT2D eigenvalue weighted by Crippen LogP contribution is -2.04. The number of aryl methyl sites for hydroxylation is 3. The molecule has 0 spiro atoms. The standard InChI is InChI=1S/C17H16BrClN2/c1-11-4-3-5-14-17(11)21(16(20-14)8-9-19)15-7-6-13(18)10-12(15)2/h3-7,10H,8-9H2,1-2H3. The molecule has 0 radical (unpaired) electrons. The third-order valence-corrected chi connectivity index (χ3v) is 4.35. The lowest BCUT2D eigenvalue weighted by atomic mass is 10.1. The van der Waals surface area contributed by atoms with Crippen molar-refractivity contribution in [2.45, 2.75) is 20.3 Å². The largest absolute Gasteiger partial charge is 0.296 e. The zero-order chi connectivity index (χ0) is 15.0. The summed E-state index contributed by atoms with van der Waals surface area (Å²) in [7, 11) is 0. The molecule has 2 aromatic carbocycles. The van der Waals surface area contributed by atoms with Crippen LogP contribution in [-0.2, 0) is 6.42 Å². The van der Waals surface area contributed by atoms with Crippen LogP contribution in [-0.4, -0.2) is 15.4 Å². The summed E-state index contributed by atoms with van der Waals surface area (Å²) in [5, 5.41) is 0. The summed E-state index contributed by atoms with van der Waals surface area (Å²) in [6.45, 7) is 4.24. The van der Waals surface area contributed by atoms with Gasteiger partial charge in [0, 0.05) is 16.8 Å². The fourth-order valence-corrected chi connectivity index (χ4v) is 3.37. The zero-order valence-corrected chi connectivity index (χ0v) is 14.4. The van der Waals surface area contributed by atoms with E-state index in [0.717, 1.165) is 27.9 Å². The van der Waals surface area contributed by atoms with Crippen molar-refractivity contribution in [3.05, 3.63) is 57.8 Å². The normalized spacial score (nSPS) is 11.2. The van der Waals surface area contributed by atoms with Crippen molar-refractivity contribution >= 4 is 38.6 Å². The molecule has 0 saturated carbocycles. The fourth-order valence-electron chi connectivity index (χ4n) is 2.72. The van der Waals surface area contributed by atoms with Gasteiger partial charge in [-0.2, -0.15) is 0 Å². The van der Waals surface area contributed by atoms with E-state index in [1.54, 1.807) is 0 Å². The van der Waals surface area contributed by atoms with Gasteiger partial charge in [-0.05, 0) is 49.2 Å². The quantitative estimate of drug-likeness (QED) is 0.586. The number of hydrogen-bond acceptors (Lipinski definition) is 1. The van der Waals surface area contributed by atoms with Crippen LogP contribution < -0.4 is 0 Å². The van der Waals surface area contributed by atoms with Gasteiger partial charge in [0.15, 0.2) is 0 Å². The van der Waals surface area contributed by atoms with E-state index in [1.807, 2.05) is 6.07 Å². The number of aromatic nitrogens is 2. The van der Waals surface area contributed by atoms with E-state index >= 15 is 0 Å². The number of alkyl halides is 1. The van der Waals surface area contributed by atoms with Gasteiger partial charge in [0.25, 0.3) is 0 Å². The zero-order valence-electron chi connectivity index (χ0n) is 12.0. The van der Waals surface area contributed by atoms with Crippen molar-refractivity contribution in [2.24, 2.45) is 0 Å². The van der Waals surface area contributed by atoms with Crippen LogP contribution in [0.1, 0.15) is 17.0 Å². The topological polar surface area (TPSA) is 17.8 Å². The number of fused-ring (bicyclic) bond motifs is 1. The number of halogens is 2. The summed E-state index contributed by atoms with van der Waals surface area (Å²) < 4.78 is 3.33. The SMILES string of the molecule is Cc1cc(Br)ccc1-n1c(CCCl)nc2cccc(C)c21. The van der Waals surface area contributed by atoms with Crippen LogP contribution in [0.15, 0.2) is 40.9 Å². The Morgan fingerprint density at radius 1 is 1.14 bits per heavy atom. The average Bonchev–Trinajstić information content (AvgIpc) is 2.79. The van der Waals surface area contributed by atoms with Crippen LogP contribution in [0, 0.1) is 13.8 Å². The van der Waals surface area contributed by atoms with Gasteiger partial charge in [-0.1, -0.05) is 28.1 Å². The van der Waals surface area contributed by atoms with Gasteiger partial charge in [0.2, 0.25) is 0 Å². The van der Waals surface area contributed by atoms with E-state index in [9.17, 15) is 0 Å². The molecule has 21 heavy (non-hydrogen) atoms. The minimum atomic E-state index is 0.567. The Bertz CT molecular complexity index is 808. The van der Waals surface area contributed by atoms with Gasteiger partial charge in [-0.15, -0.1) is 11.6 Å². The van der Waals surface area contributed by atoms with Crippen molar-refractivity contribution < 1.29 is 0 Å². The molecular weight excluding hydrogens is 348 g/mol. The van der Waals surface area contributed by atoms with Gasteiger partial charge < -0.3 is 0 Å². The minimum absolute atomic E-state index is 0.567. The van der Waals surface area contributed by atoms with Crippen LogP contribution in [0.25, 0.3) is 16.7 Å². The molecule has 1 heterocycles. The van der Waals surface area contributed by atoms with Crippen molar-refractivity contribution in [1.29, 1.82) is 0 Å². The molecule has 0 atom stereocenters. The van der Waals surface area contributed by atoms with Crippen molar-refractivity contribution in [1.82, 2.24) is 9.55 Å². The number of benzene rings is 2. The van der Waals surface area contributed by atoms with Crippen LogP contribution in [0.5, 0.6) is 0 Å². The minimum Gasteiger partial charge on any atom is -0.296 e. The Morgan fingerprint density at radius 2 is 1.95 bits per heavy atom. The first-order chi connectivity index (χ1) is 10.1. The lowest BCUT2D eigenvalue weighted by molar-refractivity contribution is 0.905. The highest BCUT2D eigenvalue weighted by atomic mass is 79.9. The molecule has 0 aliphatic rings. The monoisotopic (exact) mass is 362 g/mol. The van der Waals surface area contributed by atoms with Crippen molar-refractivity contribution in [2.75, 3.05) is 5.88 Å².